The number of fused-ring (bicyclic) bond motifs is 1. The molecule has 6 heteroatoms. The zero-order chi connectivity index (χ0) is 11.0. The first kappa shape index (κ1) is 10.1. The summed E-state index contributed by atoms with van der Waals surface area (Å²) in [6.45, 7) is 0. The van der Waals surface area contributed by atoms with Crippen molar-refractivity contribution in [2.24, 2.45) is 0 Å². The third-order valence-corrected chi connectivity index (χ3v) is 4.86. The van der Waals surface area contributed by atoms with E-state index in [0.29, 0.717) is 0 Å². The second kappa shape index (κ2) is 4.04. The Bertz CT molecular complexity index is 615. The molecule has 1 aromatic carbocycles. The number of nitrogens with zero attached hydrogens (tertiary/aromatic N) is 2. The minimum absolute atomic E-state index is 0.749. The lowest BCUT2D eigenvalue weighted by Crippen LogP contribution is -1.89. The summed E-state index contributed by atoms with van der Waals surface area (Å²) in [4.78, 5) is 9.52. The van der Waals surface area contributed by atoms with Crippen molar-refractivity contribution in [3.63, 3.8) is 0 Å². The predicted molar refractivity (Wildman–Crippen MR) is 70.3 cm³/mol. The maximum absolute atomic E-state index is 6.08. The standard InChI is InChI=1S/C10H7N3S3/c11-8-6(16-10-12-3-4-14-10)1-2-7-9(8)13-5-15-7/h1-5H,11H2. The van der Waals surface area contributed by atoms with E-state index in [-0.39, 0.29) is 0 Å². The largest absolute Gasteiger partial charge is 0.396 e. The Hall–Kier alpha value is -1.11. The van der Waals surface area contributed by atoms with Crippen LogP contribution in [-0.2, 0) is 0 Å². The third-order valence-electron chi connectivity index (χ3n) is 2.11. The molecular weight excluding hydrogens is 258 g/mol. The molecule has 0 bridgehead atoms. The molecule has 0 unspecified atom stereocenters. The van der Waals surface area contributed by atoms with Crippen molar-refractivity contribution in [1.82, 2.24) is 9.97 Å². The first-order valence-corrected chi connectivity index (χ1v) is 7.11. The Morgan fingerprint density at radius 2 is 2.12 bits per heavy atom. The maximum atomic E-state index is 6.08. The molecule has 3 nitrogen and oxygen atoms in total. The van der Waals surface area contributed by atoms with Crippen molar-refractivity contribution in [2.75, 3.05) is 5.73 Å². The molecule has 2 heterocycles. The number of thiazole rings is 2. The van der Waals surface area contributed by atoms with Crippen molar-refractivity contribution < 1.29 is 0 Å². The van der Waals surface area contributed by atoms with Gasteiger partial charge >= 0.3 is 0 Å². The van der Waals surface area contributed by atoms with E-state index in [2.05, 4.69) is 16.0 Å². The average Bonchev–Trinajstić information content (AvgIpc) is 2.93. The van der Waals surface area contributed by atoms with E-state index >= 15 is 0 Å². The summed E-state index contributed by atoms with van der Waals surface area (Å²) in [5, 5.41) is 1.96. The monoisotopic (exact) mass is 265 g/mol. The van der Waals surface area contributed by atoms with Crippen LogP contribution >= 0.6 is 34.4 Å². The highest BCUT2D eigenvalue weighted by Gasteiger charge is 2.09. The number of aromatic nitrogens is 2. The van der Waals surface area contributed by atoms with Crippen molar-refractivity contribution in [2.45, 2.75) is 9.24 Å². The van der Waals surface area contributed by atoms with Gasteiger partial charge in [-0.2, -0.15) is 0 Å². The molecule has 0 aliphatic rings. The van der Waals surface area contributed by atoms with Crippen molar-refractivity contribution in [3.05, 3.63) is 29.2 Å². The predicted octanol–water partition coefficient (Wildman–Crippen LogP) is 3.49. The van der Waals surface area contributed by atoms with Gasteiger partial charge < -0.3 is 5.73 Å². The molecule has 2 aromatic heterocycles. The lowest BCUT2D eigenvalue weighted by Gasteiger charge is -2.03. The highest BCUT2D eigenvalue weighted by molar-refractivity contribution is 8.01. The van der Waals surface area contributed by atoms with Gasteiger partial charge in [0.2, 0.25) is 0 Å². The highest BCUT2D eigenvalue weighted by atomic mass is 32.2. The zero-order valence-corrected chi connectivity index (χ0v) is 10.5. The van der Waals surface area contributed by atoms with Crippen LogP contribution in [0.5, 0.6) is 0 Å². The van der Waals surface area contributed by atoms with Gasteiger partial charge in [-0.05, 0) is 12.1 Å². The van der Waals surface area contributed by atoms with Gasteiger partial charge in [0, 0.05) is 16.5 Å². The Morgan fingerprint density at radius 3 is 2.94 bits per heavy atom. The molecule has 0 radical (unpaired) electrons. The van der Waals surface area contributed by atoms with Crippen LogP contribution < -0.4 is 5.73 Å². The molecule has 0 aliphatic carbocycles. The summed E-state index contributed by atoms with van der Waals surface area (Å²) < 4.78 is 2.13. The van der Waals surface area contributed by atoms with E-state index in [9.17, 15) is 0 Å². The molecular formula is C10H7N3S3. The topological polar surface area (TPSA) is 51.8 Å². The molecule has 80 valence electrons. The molecule has 0 aliphatic heterocycles. The van der Waals surface area contributed by atoms with Gasteiger partial charge in [0.05, 0.1) is 15.9 Å². The Morgan fingerprint density at radius 1 is 1.19 bits per heavy atom. The number of nitrogen functional groups attached to an aromatic ring is 1. The zero-order valence-electron chi connectivity index (χ0n) is 8.08. The van der Waals surface area contributed by atoms with Crippen LogP contribution in [0.3, 0.4) is 0 Å². The number of hydrogen-bond acceptors (Lipinski definition) is 6. The van der Waals surface area contributed by atoms with Crippen LogP contribution in [0.25, 0.3) is 10.2 Å². The first-order valence-electron chi connectivity index (χ1n) is 4.53. The van der Waals surface area contributed by atoms with Crippen LogP contribution in [0.4, 0.5) is 5.69 Å². The third kappa shape index (κ3) is 1.68. The molecule has 2 N–H and O–H groups in total. The number of hydrogen-bond donors (Lipinski definition) is 1. The summed E-state index contributed by atoms with van der Waals surface area (Å²) in [6, 6.07) is 4.08. The SMILES string of the molecule is Nc1c(Sc2nccs2)ccc2scnc12. The lowest BCUT2D eigenvalue weighted by atomic mass is 10.3. The normalized spacial score (nSPS) is 11.0. The minimum atomic E-state index is 0.749. The Labute approximate surface area is 104 Å². The van der Waals surface area contributed by atoms with E-state index in [0.717, 1.165) is 25.1 Å². The molecule has 0 fully saturated rings. The quantitative estimate of drug-likeness (QED) is 0.721. The molecule has 0 saturated heterocycles. The molecule has 0 atom stereocenters. The summed E-state index contributed by atoms with van der Waals surface area (Å²) in [5.41, 5.74) is 9.54. The summed E-state index contributed by atoms with van der Waals surface area (Å²) in [5.74, 6) is 0. The van der Waals surface area contributed by atoms with Crippen LogP contribution in [0, 0.1) is 0 Å². The Kier molecular flexibility index (Phi) is 2.55. The van der Waals surface area contributed by atoms with Crippen LogP contribution in [0.15, 0.2) is 38.5 Å². The summed E-state index contributed by atoms with van der Waals surface area (Å²) in [6.07, 6.45) is 1.80. The van der Waals surface area contributed by atoms with Crippen molar-refractivity contribution in [1.29, 1.82) is 0 Å². The van der Waals surface area contributed by atoms with E-state index in [1.807, 2.05) is 17.0 Å². The molecule has 0 spiro atoms. The molecule has 16 heavy (non-hydrogen) atoms. The smallest absolute Gasteiger partial charge is 0.154 e. The molecule has 0 saturated carbocycles. The second-order valence-corrected chi connectivity index (χ2v) is 6.15. The molecule has 0 amide bonds. The maximum Gasteiger partial charge on any atom is 0.154 e. The van der Waals surface area contributed by atoms with Crippen LogP contribution in [-0.4, -0.2) is 9.97 Å². The van der Waals surface area contributed by atoms with E-state index < -0.39 is 0 Å². The second-order valence-electron chi connectivity index (χ2n) is 3.08. The fourth-order valence-corrected chi connectivity index (χ4v) is 3.70. The van der Waals surface area contributed by atoms with E-state index in [1.54, 1.807) is 40.6 Å². The van der Waals surface area contributed by atoms with Crippen molar-refractivity contribution >= 4 is 50.3 Å². The van der Waals surface area contributed by atoms with Gasteiger partial charge in [0.1, 0.15) is 5.52 Å². The Balaban J connectivity index is 2.07. The van der Waals surface area contributed by atoms with Gasteiger partial charge in [0.25, 0.3) is 0 Å². The van der Waals surface area contributed by atoms with Crippen molar-refractivity contribution in [3.8, 4) is 0 Å². The van der Waals surface area contributed by atoms with Crippen LogP contribution in [0.2, 0.25) is 0 Å². The van der Waals surface area contributed by atoms with Gasteiger partial charge in [-0.15, -0.1) is 22.7 Å². The molecule has 3 rings (SSSR count). The van der Waals surface area contributed by atoms with Gasteiger partial charge in [-0.25, -0.2) is 9.97 Å². The summed E-state index contributed by atoms with van der Waals surface area (Å²) >= 11 is 4.80. The lowest BCUT2D eigenvalue weighted by molar-refractivity contribution is 1.25. The number of nitrogens with two attached hydrogens (primary N) is 1. The van der Waals surface area contributed by atoms with Gasteiger partial charge in [-0.1, -0.05) is 11.8 Å². The minimum Gasteiger partial charge on any atom is -0.396 e. The number of rotatable bonds is 2. The number of benzene rings is 1. The fraction of sp³-hybridized carbons (Fsp3) is 0. The molecule has 3 aromatic rings. The summed E-state index contributed by atoms with van der Waals surface area (Å²) in [7, 11) is 0. The fourth-order valence-electron chi connectivity index (χ4n) is 1.38. The van der Waals surface area contributed by atoms with Gasteiger partial charge in [0.15, 0.2) is 4.34 Å². The van der Waals surface area contributed by atoms with Crippen LogP contribution in [0.1, 0.15) is 0 Å². The van der Waals surface area contributed by atoms with E-state index in [1.165, 1.54) is 0 Å². The van der Waals surface area contributed by atoms with E-state index in [4.69, 9.17) is 5.73 Å². The van der Waals surface area contributed by atoms with Gasteiger partial charge in [-0.3, -0.25) is 0 Å². The number of anilines is 1. The average molecular weight is 265 g/mol. The first-order chi connectivity index (χ1) is 7.84. The highest BCUT2D eigenvalue weighted by Crippen LogP contribution is 2.37.